The highest BCUT2D eigenvalue weighted by molar-refractivity contribution is 5.74. The summed E-state index contributed by atoms with van der Waals surface area (Å²) in [6.45, 7) is 3.40. The van der Waals surface area contributed by atoms with E-state index in [-0.39, 0.29) is 17.8 Å². The van der Waals surface area contributed by atoms with Gasteiger partial charge in [0.25, 0.3) is 5.56 Å². The summed E-state index contributed by atoms with van der Waals surface area (Å²) in [6.07, 6.45) is 2.51. The molecule has 22 heavy (non-hydrogen) atoms. The Labute approximate surface area is 128 Å². The van der Waals surface area contributed by atoms with Gasteiger partial charge in [-0.1, -0.05) is 13.3 Å². The van der Waals surface area contributed by atoms with Crippen LogP contribution in [0.5, 0.6) is 0 Å². The lowest BCUT2D eigenvalue weighted by molar-refractivity contribution is 0.292. The molecule has 2 aromatic heterocycles. The minimum absolute atomic E-state index is 0.0858. The molecule has 8 heteroatoms. The fourth-order valence-electron chi connectivity index (χ4n) is 2.43. The average Bonchev–Trinajstić information content (AvgIpc) is 2.88. The summed E-state index contributed by atoms with van der Waals surface area (Å²) in [4.78, 5) is 28.8. The van der Waals surface area contributed by atoms with Gasteiger partial charge in [0.1, 0.15) is 0 Å². The standard InChI is InChI=1S/C14H23N5O3/c1-4-5-8-19-11-10(16-13(19)15-7-6-9-20)12(21)18(3)14(22)17(11)2/h20H,4-9H2,1-3H3,(H,15,16). The second-order valence-electron chi connectivity index (χ2n) is 5.32. The van der Waals surface area contributed by atoms with Crippen LogP contribution in [0.3, 0.4) is 0 Å². The molecule has 2 aromatic rings. The van der Waals surface area contributed by atoms with Crippen molar-refractivity contribution in [2.75, 3.05) is 18.5 Å². The molecule has 0 aromatic carbocycles. The fourth-order valence-corrected chi connectivity index (χ4v) is 2.43. The number of anilines is 1. The molecule has 8 nitrogen and oxygen atoms in total. The first kappa shape index (κ1) is 16.3. The van der Waals surface area contributed by atoms with Crippen molar-refractivity contribution in [2.45, 2.75) is 32.7 Å². The van der Waals surface area contributed by atoms with E-state index in [0.29, 0.717) is 31.1 Å². The molecule has 0 aliphatic rings. The zero-order valence-corrected chi connectivity index (χ0v) is 13.3. The maximum Gasteiger partial charge on any atom is 0.332 e. The molecule has 0 spiro atoms. The van der Waals surface area contributed by atoms with Crippen molar-refractivity contribution in [1.29, 1.82) is 0 Å². The van der Waals surface area contributed by atoms with Gasteiger partial charge < -0.3 is 10.4 Å². The third-order valence-corrected chi connectivity index (χ3v) is 3.69. The highest BCUT2D eigenvalue weighted by atomic mass is 16.3. The van der Waals surface area contributed by atoms with Crippen LogP contribution in [0.4, 0.5) is 5.95 Å². The van der Waals surface area contributed by atoms with Crippen molar-refractivity contribution in [2.24, 2.45) is 14.1 Å². The predicted molar refractivity (Wildman–Crippen MR) is 85.3 cm³/mol. The van der Waals surface area contributed by atoms with E-state index in [1.54, 1.807) is 7.05 Å². The van der Waals surface area contributed by atoms with Gasteiger partial charge in [0.15, 0.2) is 11.2 Å². The number of hydrogen-bond acceptors (Lipinski definition) is 5. The van der Waals surface area contributed by atoms with Crippen LogP contribution < -0.4 is 16.6 Å². The predicted octanol–water partition coefficient (Wildman–Crippen LogP) is 0.0281. The average molecular weight is 309 g/mol. The van der Waals surface area contributed by atoms with Crippen molar-refractivity contribution in [3.8, 4) is 0 Å². The molecule has 2 heterocycles. The molecule has 0 saturated carbocycles. The second kappa shape index (κ2) is 6.78. The maximum atomic E-state index is 12.3. The van der Waals surface area contributed by atoms with Crippen molar-refractivity contribution in [3.05, 3.63) is 20.8 Å². The number of fused-ring (bicyclic) bond motifs is 1. The summed E-state index contributed by atoms with van der Waals surface area (Å²) >= 11 is 0. The van der Waals surface area contributed by atoms with Gasteiger partial charge in [-0.05, 0) is 12.8 Å². The third kappa shape index (κ3) is 2.78. The molecule has 0 amide bonds. The molecule has 0 fully saturated rings. The number of aliphatic hydroxyl groups is 1. The highest BCUT2D eigenvalue weighted by Gasteiger charge is 2.18. The van der Waals surface area contributed by atoms with Gasteiger partial charge in [0.2, 0.25) is 5.95 Å². The van der Waals surface area contributed by atoms with Gasteiger partial charge in [0.05, 0.1) is 0 Å². The van der Waals surface area contributed by atoms with Crippen molar-refractivity contribution in [3.63, 3.8) is 0 Å². The van der Waals surface area contributed by atoms with E-state index in [4.69, 9.17) is 5.11 Å². The zero-order valence-electron chi connectivity index (χ0n) is 13.3. The number of rotatable bonds is 7. The summed E-state index contributed by atoms with van der Waals surface area (Å²) in [6, 6.07) is 0. The van der Waals surface area contributed by atoms with Gasteiger partial charge in [-0.15, -0.1) is 0 Å². The number of nitrogens with zero attached hydrogens (tertiary/aromatic N) is 4. The minimum atomic E-state index is -0.390. The van der Waals surface area contributed by atoms with Crippen LogP contribution >= 0.6 is 0 Å². The number of aromatic nitrogens is 4. The van der Waals surface area contributed by atoms with Gasteiger partial charge in [0, 0.05) is 33.8 Å². The van der Waals surface area contributed by atoms with Crippen LogP contribution in [0.2, 0.25) is 0 Å². The van der Waals surface area contributed by atoms with Crippen molar-refractivity contribution < 1.29 is 5.11 Å². The fraction of sp³-hybridized carbons (Fsp3) is 0.643. The van der Waals surface area contributed by atoms with Crippen LogP contribution in [-0.2, 0) is 20.6 Å². The first-order valence-corrected chi connectivity index (χ1v) is 7.53. The first-order valence-electron chi connectivity index (χ1n) is 7.53. The number of aryl methyl sites for hydroxylation is 2. The SMILES string of the molecule is CCCCn1c(NCCCO)nc2c(=O)n(C)c(=O)n(C)c21. The lowest BCUT2D eigenvalue weighted by Crippen LogP contribution is -2.37. The van der Waals surface area contributed by atoms with Gasteiger partial charge in [-0.3, -0.25) is 18.5 Å². The molecule has 2 N–H and O–H groups in total. The van der Waals surface area contributed by atoms with E-state index in [2.05, 4.69) is 17.2 Å². The largest absolute Gasteiger partial charge is 0.396 e. The van der Waals surface area contributed by atoms with Crippen LogP contribution in [0.25, 0.3) is 11.2 Å². The molecular weight excluding hydrogens is 286 g/mol. The van der Waals surface area contributed by atoms with Crippen molar-refractivity contribution in [1.82, 2.24) is 18.7 Å². The van der Waals surface area contributed by atoms with E-state index >= 15 is 0 Å². The second-order valence-corrected chi connectivity index (χ2v) is 5.32. The smallest absolute Gasteiger partial charge is 0.332 e. The quantitative estimate of drug-likeness (QED) is 0.704. The first-order chi connectivity index (χ1) is 10.5. The number of nitrogens with one attached hydrogen (secondary N) is 1. The van der Waals surface area contributed by atoms with Crippen LogP contribution in [-0.4, -0.2) is 36.9 Å². The molecule has 0 atom stereocenters. The Morgan fingerprint density at radius 1 is 1.18 bits per heavy atom. The van der Waals surface area contributed by atoms with E-state index in [9.17, 15) is 9.59 Å². The minimum Gasteiger partial charge on any atom is -0.396 e. The Morgan fingerprint density at radius 2 is 1.91 bits per heavy atom. The Hall–Kier alpha value is -2.09. The molecule has 0 aliphatic heterocycles. The van der Waals surface area contributed by atoms with Crippen LogP contribution in [0.1, 0.15) is 26.2 Å². The molecule has 0 bridgehead atoms. The Morgan fingerprint density at radius 3 is 2.55 bits per heavy atom. The lowest BCUT2D eigenvalue weighted by Gasteiger charge is -2.11. The number of hydrogen-bond donors (Lipinski definition) is 2. The Balaban J connectivity index is 2.64. The summed E-state index contributed by atoms with van der Waals surface area (Å²) in [5.74, 6) is 0.565. The molecule has 122 valence electrons. The highest BCUT2D eigenvalue weighted by Crippen LogP contribution is 2.16. The summed E-state index contributed by atoms with van der Waals surface area (Å²) in [5, 5.41) is 12.0. The third-order valence-electron chi connectivity index (χ3n) is 3.69. The molecule has 0 unspecified atom stereocenters. The summed E-state index contributed by atoms with van der Waals surface area (Å²) < 4.78 is 4.40. The van der Waals surface area contributed by atoms with Gasteiger partial charge in [-0.2, -0.15) is 0 Å². The van der Waals surface area contributed by atoms with Gasteiger partial charge in [-0.25, -0.2) is 9.78 Å². The normalized spacial score (nSPS) is 11.3. The Kier molecular flexibility index (Phi) is 5.02. The zero-order chi connectivity index (χ0) is 16.3. The van der Waals surface area contributed by atoms with Gasteiger partial charge >= 0.3 is 5.69 Å². The van der Waals surface area contributed by atoms with E-state index in [1.165, 1.54) is 11.6 Å². The molecule has 0 saturated heterocycles. The van der Waals surface area contributed by atoms with Crippen LogP contribution in [0, 0.1) is 0 Å². The molecule has 2 rings (SSSR count). The lowest BCUT2D eigenvalue weighted by atomic mass is 10.3. The molecular formula is C14H23N5O3. The maximum absolute atomic E-state index is 12.3. The van der Waals surface area contributed by atoms with E-state index in [0.717, 1.165) is 17.4 Å². The summed E-state index contributed by atoms with van der Waals surface area (Å²) in [7, 11) is 3.10. The monoisotopic (exact) mass is 309 g/mol. The van der Waals surface area contributed by atoms with Crippen molar-refractivity contribution >= 4 is 17.1 Å². The number of imidazole rings is 1. The Bertz CT molecular complexity index is 771. The topological polar surface area (TPSA) is 94.1 Å². The summed E-state index contributed by atoms with van der Waals surface area (Å²) in [5.41, 5.74) is 0.0656. The van der Waals surface area contributed by atoms with E-state index < -0.39 is 5.56 Å². The molecule has 0 aliphatic carbocycles. The number of aliphatic hydroxyl groups excluding tert-OH is 1. The number of unbranched alkanes of at least 4 members (excludes halogenated alkanes) is 1. The van der Waals surface area contributed by atoms with E-state index in [1.807, 2.05) is 4.57 Å². The van der Waals surface area contributed by atoms with Crippen LogP contribution in [0.15, 0.2) is 9.59 Å². The molecule has 0 radical (unpaired) electrons.